The quantitative estimate of drug-likeness (QED) is 0.156. The Kier molecular flexibility index (Phi) is 8.81. The number of benzene rings is 3. The van der Waals surface area contributed by atoms with Crippen LogP contribution < -0.4 is 25.4 Å². The molecule has 3 aromatic carbocycles. The first-order chi connectivity index (χ1) is 21.0. The van der Waals surface area contributed by atoms with Crippen LogP contribution in [0.2, 0.25) is 0 Å². The van der Waals surface area contributed by atoms with Crippen LogP contribution in [0.4, 0.5) is 17.6 Å². The van der Waals surface area contributed by atoms with Crippen LogP contribution in [-0.4, -0.2) is 65.9 Å². The van der Waals surface area contributed by atoms with Gasteiger partial charge in [-0.15, -0.1) is 13.2 Å². The largest absolute Gasteiger partial charge is 0.573 e. The van der Waals surface area contributed by atoms with Gasteiger partial charge in [0.15, 0.2) is 17.3 Å². The second-order valence-corrected chi connectivity index (χ2v) is 10.0. The van der Waals surface area contributed by atoms with Gasteiger partial charge in [0.2, 0.25) is 0 Å². The summed E-state index contributed by atoms with van der Waals surface area (Å²) in [6.45, 7) is 2.67. The lowest BCUT2D eigenvalue weighted by molar-refractivity contribution is -0.275. The standard InChI is InChI=1S/C30H27F4N5O5/c1-2-11-43-23-9-10-24(44-30(32,33)34)26(31)25(23)27(40)16-3-5-17(6-4-16)28(41)37-21-14-35-15-22(21)38-29(42)18-7-8-20-19(12-18)13-36-39-20/h3-10,12-13,21-22,35H,2,11,14-15H2,1H3,(H,36,39)(H,37,41)(H,38,42)/t21-,22-/m1/s1. The third-order valence-corrected chi connectivity index (χ3v) is 6.94. The first-order valence-corrected chi connectivity index (χ1v) is 13.7. The van der Waals surface area contributed by atoms with E-state index in [0.29, 0.717) is 25.1 Å². The van der Waals surface area contributed by atoms with Crippen molar-refractivity contribution in [3.05, 3.63) is 88.9 Å². The van der Waals surface area contributed by atoms with E-state index in [1.54, 1.807) is 31.3 Å². The summed E-state index contributed by atoms with van der Waals surface area (Å²) >= 11 is 0. The maximum Gasteiger partial charge on any atom is 0.573 e. The number of aromatic amines is 1. The molecule has 1 aliphatic heterocycles. The molecule has 1 saturated heterocycles. The number of halogens is 4. The number of ether oxygens (including phenoxy) is 2. The number of fused-ring (bicyclic) bond motifs is 1. The maximum atomic E-state index is 15.1. The number of hydrogen-bond acceptors (Lipinski definition) is 7. The van der Waals surface area contributed by atoms with Gasteiger partial charge in [-0.1, -0.05) is 19.1 Å². The number of carbonyl (C=O) groups excluding carboxylic acids is 3. The van der Waals surface area contributed by atoms with E-state index in [1.807, 2.05) is 0 Å². The zero-order valence-corrected chi connectivity index (χ0v) is 23.3. The van der Waals surface area contributed by atoms with Crippen molar-refractivity contribution in [1.82, 2.24) is 26.1 Å². The fraction of sp³-hybridized carbons (Fsp3) is 0.267. The lowest BCUT2D eigenvalue weighted by Gasteiger charge is -2.21. The van der Waals surface area contributed by atoms with E-state index in [0.717, 1.165) is 23.0 Å². The van der Waals surface area contributed by atoms with E-state index in [1.165, 1.54) is 24.3 Å². The highest BCUT2D eigenvalue weighted by molar-refractivity contribution is 6.11. The molecule has 1 fully saturated rings. The summed E-state index contributed by atoms with van der Waals surface area (Å²) in [5.74, 6) is -4.69. The Bertz CT molecular complexity index is 1690. The van der Waals surface area contributed by atoms with Crippen LogP contribution in [0.15, 0.2) is 60.8 Å². The van der Waals surface area contributed by atoms with Gasteiger partial charge in [0, 0.05) is 35.2 Å². The molecule has 2 amide bonds. The van der Waals surface area contributed by atoms with Gasteiger partial charge in [-0.2, -0.15) is 5.10 Å². The highest BCUT2D eigenvalue weighted by Gasteiger charge is 2.35. The van der Waals surface area contributed by atoms with Crippen LogP contribution >= 0.6 is 0 Å². The number of rotatable bonds is 10. The molecule has 2 heterocycles. The SMILES string of the molecule is CCCOc1ccc(OC(F)(F)F)c(F)c1C(=O)c1ccc(C(=O)N[C@@H]2CNC[C@H]2NC(=O)c2ccc3[nH]ncc3c2)cc1. The fourth-order valence-electron chi connectivity index (χ4n) is 4.77. The number of amides is 2. The van der Waals surface area contributed by atoms with E-state index in [-0.39, 0.29) is 29.4 Å². The van der Waals surface area contributed by atoms with Crippen LogP contribution in [0, 0.1) is 5.82 Å². The molecule has 0 aliphatic carbocycles. The third kappa shape index (κ3) is 6.80. The van der Waals surface area contributed by atoms with Gasteiger partial charge in [0.1, 0.15) is 11.3 Å². The van der Waals surface area contributed by atoms with E-state index in [4.69, 9.17) is 4.74 Å². The normalized spacial score (nSPS) is 16.5. The molecule has 44 heavy (non-hydrogen) atoms. The lowest BCUT2D eigenvalue weighted by atomic mass is 10.00. The Morgan fingerprint density at radius 3 is 2.18 bits per heavy atom. The Labute approximate surface area is 248 Å². The Hall–Kier alpha value is -4.98. The van der Waals surface area contributed by atoms with Gasteiger partial charge in [-0.25, -0.2) is 4.39 Å². The highest BCUT2D eigenvalue weighted by Crippen LogP contribution is 2.34. The van der Waals surface area contributed by atoms with Gasteiger partial charge in [-0.05, 0) is 48.9 Å². The third-order valence-electron chi connectivity index (χ3n) is 6.94. The summed E-state index contributed by atoms with van der Waals surface area (Å²) in [6.07, 6.45) is -3.06. The molecule has 10 nitrogen and oxygen atoms in total. The zero-order valence-electron chi connectivity index (χ0n) is 23.3. The topological polar surface area (TPSA) is 134 Å². The smallest absolute Gasteiger partial charge is 0.493 e. The Balaban J connectivity index is 1.27. The molecule has 0 radical (unpaired) electrons. The summed E-state index contributed by atoms with van der Waals surface area (Å²) in [4.78, 5) is 39.1. The predicted octanol–water partition coefficient (Wildman–Crippen LogP) is 4.12. The molecule has 5 rings (SSSR count). The molecule has 1 aromatic heterocycles. The molecule has 2 atom stereocenters. The highest BCUT2D eigenvalue weighted by atomic mass is 19.4. The minimum atomic E-state index is -5.17. The minimum Gasteiger partial charge on any atom is -0.493 e. The molecule has 230 valence electrons. The summed E-state index contributed by atoms with van der Waals surface area (Å²) < 4.78 is 62.6. The van der Waals surface area contributed by atoms with Crippen molar-refractivity contribution in [1.29, 1.82) is 0 Å². The van der Waals surface area contributed by atoms with Gasteiger partial charge in [-0.3, -0.25) is 19.5 Å². The first kappa shape index (κ1) is 30.5. The van der Waals surface area contributed by atoms with Crippen molar-refractivity contribution in [2.45, 2.75) is 31.8 Å². The van der Waals surface area contributed by atoms with E-state index in [2.05, 4.69) is 30.9 Å². The van der Waals surface area contributed by atoms with Crippen LogP contribution in [0.1, 0.15) is 50.0 Å². The second kappa shape index (κ2) is 12.7. The molecule has 0 bridgehead atoms. The maximum absolute atomic E-state index is 15.1. The number of hydrogen-bond donors (Lipinski definition) is 4. The van der Waals surface area contributed by atoms with Gasteiger partial charge in [0.25, 0.3) is 11.8 Å². The minimum absolute atomic E-state index is 0.0896. The lowest BCUT2D eigenvalue weighted by Crippen LogP contribution is -2.51. The van der Waals surface area contributed by atoms with Crippen molar-refractivity contribution in [2.75, 3.05) is 19.7 Å². The molecule has 14 heteroatoms. The van der Waals surface area contributed by atoms with Gasteiger partial charge >= 0.3 is 6.36 Å². The molecular formula is C30H27F4N5O5. The number of ketones is 1. The fourth-order valence-corrected chi connectivity index (χ4v) is 4.77. The number of H-pyrrole nitrogens is 1. The summed E-state index contributed by atoms with van der Waals surface area (Å²) in [5, 5.41) is 16.5. The number of nitrogens with one attached hydrogen (secondary N) is 4. The molecule has 4 aromatic rings. The number of aromatic nitrogens is 2. The average Bonchev–Trinajstić information content (AvgIpc) is 3.65. The van der Waals surface area contributed by atoms with Gasteiger partial charge < -0.3 is 25.4 Å². The van der Waals surface area contributed by atoms with Crippen LogP contribution in [0.3, 0.4) is 0 Å². The van der Waals surface area contributed by atoms with Crippen LogP contribution in [0.5, 0.6) is 11.5 Å². The van der Waals surface area contributed by atoms with E-state index in [9.17, 15) is 27.6 Å². The molecule has 0 spiro atoms. The molecule has 4 N–H and O–H groups in total. The van der Waals surface area contributed by atoms with Crippen molar-refractivity contribution in [3.63, 3.8) is 0 Å². The average molecular weight is 614 g/mol. The summed E-state index contributed by atoms with van der Waals surface area (Å²) in [6, 6.07) is 11.2. The van der Waals surface area contributed by atoms with Crippen molar-refractivity contribution >= 4 is 28.5 Å². The Morgan fingerprint density at radius 2 is 1.52 bits per heavy atom. The van der Waals surface area contributed by atoms with Crippen molar-refractivity contribution in [3.8, 4) is 11.5 Å². The molecular weight excluding hydrogens is 586 g/mol. The summed E-state index contributed by atoms with van der Waals surface area (Å²) in [5.41, 5.74) is 0.585. The number of alkyl halides is 3. The second-order valence-electron chi connectivity index (χ2n) is 10.0. The number of carbonyl (C=O) groups is 3. The molecule has 0 unspecified atom stereocenters. The molecule has 1 aliphatic rings. The van der Waals surface area contributed by atoms with E-state index >= 15 is 4.39 Å². The first-order valence-electron chi connectivity index (χ1n) is 13.7. The van der Waals surface area contributed by atoms with Gasteiger partial charge in [0.05, 0.1) is 30.4 Å². The van der Waals surface area contributed by atoms with Crippen LogP contribution in [-0.2, 0) is 0 Å². The molecule has 0 saturated carbocycles. The number of nitrogens with zero attached hydrogens (tertiary/aromatic N) is 1. The van der Waals surface area contributed by atoms with Crippen molar-refractivity contribution in [2.24, 2.45) is 0 Å². The Morgan fingerprint density at radius 1 is 0.909 bits per heavy atom. The zero-order chi connectivity index (χ0) is 31.4. The predicted molar refractivity (Wildman–Crippen MR) is 150 cm³/mol. The van der Waals surface area contributed by atoms with Crippen molar-refractivity contribution < 1.29 is 41.4 Å². The summed E-state index contributed by atoms with van der Waals surface area (Å²) in [7, 11) is 0. The van der Waals surface area contributed by atoms with Crippen LogP contribution in [0.25, 0.3) is 10.9 Å². The van der Waals surface area contributed by atoms with E-state index < -0.39 is 47.3 Å². The monoisotopic (exact) mass is 613 g/mol.